The van der Waals surface area contributed by atoms with Crippen LogP contribution in [0.5, 0.6) is 0 Å². The maximum Gasteiger partial charge on any atom is 0.244 e. The number of carbonyl (C=O) groups excluding carboxylic acids is 2. The number of benzene rings is 2. The van der Waals surface area contributed by atoms with Crippen molar-refractivity contribution in [1.29, 1.82) is 0 Å². The number of rotatable bonds is 6. The van der Waals surface area contributed by atoms with Gasteiger partial charge in [-0.25, -0.2) is 0 Å². The number of nitrogens with one attached hydrogen (secondary N) is 2. The summed E-state index contributed by atoms with van der Waals surface area (Å²) in [5.41, 5.74) is 3.60. The van der Waals surface area contributed by atoms with Crippen LogP contribution in [0, 0.1) is 5.92 Å². The van der Waals surface area contributed by atoms with Crippen LogP contribution in [0.25, 0.3) is 21.8 Å². The van der Waals surface area contributed by atoms with Gasteiger partial charge in [0, 0.05) is 47.8 Å². The molecule has 0 aliphatic carbocycles. The van der Waals surface area contributed by atoms with Gasteiger partial charge in [-0.3, -0.25) is 9.59 Å². The first-order valence-electron chi connectivity index (χ1n) is 10.1. The van der Waals surface area contributed by atoms with Crippen molar-refractivity contribution >= 4 is 45.0 Å². The fourth-order valence-corrected chi connectivity index (χ4v) is 3.85. The lowest BCUT2D eigenvalue weighted by Gasteiger charge is -2.10. The summed E-state index contributed by atoms with van der Waals surface area (Å²) in [5.74, 6) is 0.353. The number of anilines is 2. The van der Waals surface area contributed by atoms with E-state index < -0.39 is 0 Å². The van der Waals surface area contributed by atoms with Crippen LogP contribution in [0.15, 0.2) is 60.9 Å². The number of nitrogens with zero attached hydrogens (tertiary/aromatic N) is 2. The lowest BCUT2D eigenvalue weighted by atomic mass is 10.2. The van der Waals surface area contributed by atoms with Gasteiger partial charge in [-0.2, -0.15) is 0 Å². The Balaban J connectivity index is 1.50. The Morgan fingerprint density at radius 1 is 0.933 bits per heavy atom. The van der Waals surface area contributed by atoms with Crippen molar-refractivity contribution in [3.05, 3.63) is 60.9 Å². The number of hydrogen-bond acceptors (Lipinski definition) is 2. The second kappa shape index (κ2) is 8.06. The molecule has 2 aromatic carbocycles. The van der Waals surface area contributed by atoms with Crippen LogP contribution in [-0.4, -0.2) is 20.9 Å². The molecule has 0 saturated carbocycles. The fourth-order valence-electron chi connectivity index (χ4n) is 3.85. The highest BCUT2D eigenvalue weighted by molar-refractivity contribution is 6.01. The number of carbonyl (C=O) groups is 2. The molecule has 0 aliphatic rings. The summed E-state index contributed by atoms with van der Waals surface area (Å²) in [7, 11) is 0. The molecular formula is C24H26N4O2. The topological polar surface area (TPSA) is 68.1 Å². The fraction of sp³-hybridized carbons (Fsp3) is 0.250. The van der Waals surface area contributed by atoms with E-state index in [0.717, 1.165) is 34.2 Å². The van der Waals surface area contributed by atoms with Gasteiger partial charge in [0.15, 0.2) is 0 Å². The predicted octanol–water partition coefficient (Wildman–Crippen LogP) is 4.85. The molecule has 6 nitrogen and oxygen atoms in total. The zero-order chi connectivity index (χ0) is 21.3. The van der Waals surface area contributed by atoms with E-state index in [0.29, 0.717) is 5.92 Å². The SMILES string of the molecule is CC(=O)Nc1cccc2c1ccn2CC(=O)Nc1ccc2c(ccn2CC(C)C)c1. The van der Waals surface area contributed by atoms with Crippen LogP contribution in [-0.2, 0) is 22.7 Å². The van der Waals surface area contributed by atoms with Gasteiger partial charge in [0.25, 0.3) is 0 Å². The Labute approximate surface area is 175 Å². The van der Waals surface area contributed by atoms with E-state index in [1.165, 1.54) is 12.4 Å². The zero-order valence-electron chi connectivity index (χ0n) is 17.5. The third-order valence-corrected chi connectivity index (χ3v) is 5.05. The predicted molar refractivity (Wildman–Crippen MR) is 122 cm³/mol. The van der Waals surface area contributed by atoms with Crippen molar-refractivity contribution in [1.82, 2.24) is 9.13 Å². The number of aromatic nitrogens is 2. The van der Waals surface area contributed by atoms with Gasteiger partial charge >= 0.3 is 0 Å². The molecule has 154 valence electrons. The highest BCUT2D eigenvalue weighted by Gasteiger charge is 2.11. The third-order valence-electron chi connectivity index (χ3n) is 5.05. The summed E-state index contributed by atoms with van der Waals surface area (Å²) in [5, 5.41) is 7.85. The first-order chi connectivity index (χ1) is 14.4. The van der Waals surface area contributed by atoms with Crippen LogP contribution in [0.2, 0.25) is 0 Å². The maximum absolute atomic E-state index is 12.7. The zero-order valence-corrected chi connectivity index (χ0v) is 17.5. The summed E-state index contributed by atoms with van der Waals surface area (Å²) >= 11 is 0. The van der Waals surface area contributed by atoms with Crippen molar-refractivity contribution in [3.8, 4) is 0 Å². The van der Waals surface area contributed by atoms with Crippen molar-refractivity contribution in [2.45, 2.75) is 33.9 Å². The average Bonchev–Trinajstić information content (AvgIpc) is 3.26. The second-order valence-corrected chi connectivity index (χ2v) is 8.05. The van der Waals surface area contributed by atoms with Crippen molar-refractivity contribution < 1.29 is 9.59 Å². The van der Waals surface area contributed by atoms with Gasteiger partial charge in [0.2, 0.25) is 11.8 Å². The van der Waals surface area contributed by atoms with Gasteiger partial charge in [0.1, 0.15) is 6.54 Å². The quantitative estimate of drug-likeness (QED) is 0.484. The average molecular weight is 402 g/mol. The highest BCUT2D eigenvalue weighted by atomic mass is 16.2. The Hall–Kier alpha value is -3.54. The Bertz CT molecular complexity index is 1230. The summed E-state index contributed by atoms with van der Waals surface area (Å²) < 4.78 is 4.12. The second-order valence-electron chi connectivity index (χ2n) is 8.05. The third kappa shape index (κ3) is 4.08. The van der Waals surface area contributed by atoms with Crippen molar-refractivity contribution in [3.63, 3.8) is 0 Å². The number of amides is 2. The van der Waals surface area contributed by atoms with E-state index in [1.807, 2.05) is 47.2 Å². The minimum Gasteiger partial charge on any atom is -0.347 e. The summed E-state index contributed by atoms with van der Waals surface area (Å²) in [6.07, 6.45) is 3.96. The van der Waals surface area contributed by atoms with E-state index in [2.05, 4.69) is 47.4 Å². The van der Waals surface area contributed by atoms with Crippen molar-refractivity contribution in [2.24, 2.45) is 5.92 Å². The van der Waals surface area contributed by atoms with Crippen LogP contribution in [0.3, 0.4) is 0 Å². The summed E-state index contributed by atoms with van der Waals surface area (Å²) in [6, 6.07) is 15.7. The van der Waals surface area contributed by atoms with Gasteiger partial charge in [-0.1, -0.05) is 19.9 Å². The van der Waals surface area contributed by atoms with Crippen LogP contribution in [0.1, 0.15) is 20.8 Å². The van der Waals surface area contributed by atoms with Gasteiger partial charge in [-0.15, -0.1) is 0 Å². The van der Waals surface area contributed by atoms with Crippen LogP contribution < -0.4 is 10.6 Å². The highest BCUT2D eigenvalue weighted by Crippen LogP contribution is 2.25. The normalized spacial score (nSPS) is 11.3. The lowest BCUT2D eigenvalue weighted by Crippen LogP contribution is -2.18. The molecule has 2 amide bonds. The molecule has 0 spiro atoms. The maximum atomic E-state index is 12.7. The molecule has 0 aliphatic heterocycles. The molecule has 2 heterocycles. The molecule has 0 radical (unpaired) electrons. The standard InChI is InChI=1S/C24H26N4O2/c1-16(2)14-27-11-9-18-13-19(7-8-22(18)27)26-24(30)15-28-12-10-20-21(25-17(3)29)5-4-6-23(20)28/h4-13,16H,14-15H2,1-3H3,(H,25,29)(H,26,30). The first-order valence-corrected chi connectivity index (χ1v) is 10.1. The largest absolute Gasteiger partial charge is 0.347 e. The Kier molecular flexibility index (Phi) is 5.31. The summed E-state index contributed by atoms with van der Waals surface area (Å²) in [6.45, 7) is 7.04. The van der Waals surface area contributed by atoms with E-state index in [-0.39, 0.29) is 18.4 Å². The Morgan fingerprint density at radius 2 is 1.73 bits per heavy atom. The van der Waals surface area contributed by atoms with E-state index in [4.69, 9.17) is 0 Å². The molecule has 0 unspecified atom stereocenters. The van der Waals surface area contributed by atoms with Gasteiger partial charge in [-0.05, 0) is 48.4 Å². The molecule has 0 saturated heterocycles. The number of hydrogen-bond donors (Lipinski definition) is 2. The monoisotopic (exact) mass is 402 g/mol. The summed E-state index contributed by atoms with van der Waals surface area (Å²) in [4.78, 5) is 24.1. The molecule has 6 heteroatoms. The minimum atomic E-state index is -0.120. The lowest BCUT2D eigenvalue weighted by molar-refractivity contribution is -0.116. The molecular weight excluding hydrogens is 376 g/mol. The Morgan fingerprint density at radius 3 is 2.50 bits per heavy atom. The first kappa shape index (κ1) is 19.8. The molecule has 2 aromatic heterocycles. The van der Waals surface area contributed by atoms with Gasteiger partial charge < -0.3 is 19.8 Å². The molecule has 4 aromatic rings. The smallest absolute Gasteiger partial charge is 0.244 e. The van der Waals surface area contributed by atoms with Gasteiger partial charge in [0.05, 0.1) is 11.2 Å². The van der Waals surface area contributed by atoms with E-state index in [9.17, 15) is 9.59 Å². The van der Waals surface area contributed by atoms with Crippen LogP contribution in [0.4, 0.5) is 11.4 Å². The number of fused-ring (bicyclic) bond motifs is 2. The van der Waals surface area contributed by atoms with Crippen molar-refractivity contribution in [2.75, 3.05) is 10.6 Å². The molecule has 2 N–H and O–H groups in total. The molecule has 0 atom stereocenters. The van der Waals surface area contributed by atoms with Crippen LogP contribution >= 0.6 is 0 Å². The minimum absolute atomic E-state index is 0.0987. The van der Waals surface area contributed by atoms with E-state index in [1.54, 1.807) is 0 Å². The molecule has 0 bridgehead atoms. The molecule has 4 rings (SSSR count). The van der Waals surface area contributed by atoms with E-state index >= 15 is 0 Å². The molecule has 30 heavy (non-hydrogen) atoms. The molecule has 0 fully saturated rings.